The molecule has 0 spiro atoms. The molecular weight excluding hydrogens is 368 g/mol. The van der Waals surface area contributed by atoms with Gasteiger partial charge in [-0.25, -0.2) is 0 Å². The summed E-state index contributed by atoms with van der Waals surface area (Å²) in [5.74, 6) is 1.69. The Balaban J connectivity index is 0.00000243. The molecule has 26 heavy (non-hydrogen) atoms. The first-order valence-corrected chi connectivity index (χ1v) is 8.32. The minimum Gasteiger partial charge on any atom is -0.493 e. The molecule has 0 aliphatic carbocycles. The van der Waals surface area contributed by atoms with Crippen LogP contribution in [0.3, 0.4) is 0 Å². The van der Waals surface area contributed by atoms with Crippen molar-refractivity contribution in [1.82, 2.24) is 15.5 Å². The molecule has 2 aromatic rings. The third-order valence-corrected chi connectivity index (χ3v) is 4.26. The van der Waals surface area contributed by atoms with E-state index in [2.05, 4.69) is 20.2 Å². The van der Waals surface area contributed by atoms with E-state index in [-0.39, 0.29) is 23.9 Å². The third-order valence-electron chi connectivity index (χ3n) is 4.26. The average Bonchev–Trinajstić information content (AvgIpc) is 2.90. The Morgan fingerprint density at radius 3 is 2.88 bits per heavy atom. The number of benzene rings is 1. The zero-order chi connectivity index (χ0) is 17.6. The summed E-state index contributed by atoms with van der Waals surface area (Å²) >= 11 is 0. The fraction of sp³-hybridized carbons (Fsp3) is 0.529. The monoisotopic (exact) mass is 389 g/mol. The van der Waals surface area contributed by atoms with Gasteiger partial charge in [-0.2, -0.15) is 13.8 Å². The van der Waals surface area contributed by atoms with E-state index in [1.807, 2.05) is 0 Å². The van der Waals surface area contributed by atoms with Gasteiger partial charge in [0.2, 0.25) is 11.7 Å². The molecule has 3 rings (SSSR count). The van der Waals surface area contributed by atoms with Crippen LogP contribution in [0.4, 0.5) is 8.78 Å². The van der Waals surface area contributed by atoms with Crippen LogP contribution in [0.1, 0.15) is 25.2 Å². The lowest BCUT2D eigenvalue weighted by atomic mass is 9.97. The predicted octanol–water partition coefficient (Wildman–Crippen LogP) is 3.70. The summed E-state index contributed by atoms with van der Waals surface area (Å²) in [5.41, 5.74) is 0.621. The van der Waals surface area contributed by atoms with Crippen LogP contribution >= 0.6 is 12.4 Å². The van der Waals surface area contributed by atoms with E-state index in [1.165, 1.54) is 13.2 Å². The number of halogens is 3. The molecular formula is C17H22ClF2N3O3. The van der Waals surface area contributed by atoms with Gasteiger partial charge in [-0.05, 0) is 56.5 Å². The molecule has 1 aliphatic rings. The van der Waals surface area contributed by atoms with Crippen molar-refractivity contribution in [3.8, 4) is 22.9 Å². The minimum absolute atomic E-state index is 0. The summed E-state index contributed by atoms with van der Waals surface area (Å²) in [6, 6.07) is 4.57. The Labute approximate surface area is 156 Å². The zero-order valence-corrected chi connectivity index (χ0v) is 15.2. The van der Waals surface area contributed by atoms with Crippen LogP contribution in [0.2, 0.25) is 0 Å². The molecule has 1 aromatic heterocycles. The van der Waals surface area contributed by atoms with Crippen LogP contribution in [0.15, 0.2) is 22.7 Å². The van der Waals surface area contributed by atoms with Crippen LogP contribution < -0.4 is 14.8 Å². The number of rotatable bonds is 6. The lowest BCUT2D eigenvalue weighted by Crippen LogP contribution is -2.14. The highest BCUT2D eigenvalue weighted by atomic mass is 35.5. The SMILES string of the molecule is COc1cc(-c2noc(CC3CCCNCC3)n2)ccc1OC(F)F.Cl. The third kappa shape index (κ3) is 5.28. The molecule has 1 N–H and O–H groups in total. The molecule has 0 bridgehead atoms. The Bertz CT molecular complexity index is 692. The average molecular weight is 390 g/mol. The summed E-state index contributed by atoms with van der Waals surface area (Å²) in [7, 11) is 1.39. The maximum atomic E-state index is 12.4. The van der Waals surface area contributed by atoms with Gasteiger partial charge in [0.15, 0.2) is 11.5 Å². The highest BCUT2D eigenvalue weighted by molar-refractivity contribution is 5.85. The molecule has 6 nitrogen and oxygen atoms in total. The fourth-order valence-corrected chi connectivity index (χ4v) is 3.00. The number of nitrogens with one attached hydrogen (secondary N) is 1. The van der Waals surface area contributed by atoms with E-state index < -0.39 is 6.61 Å². The molecule has 9 heteroatoms. The minimum atomic E-state index is -2.91. The summed E-state index contributed by atoms with van der Waals surface area (Å²) in [6.07, 6.45) is 4.12. The number of hydrogen-bond acceptors (Lipinski definition) is 6. The Kier molecular flexibility index (Phi) is 7.59. The van der Waals surface area contributed by atoms with Crippen molar-refractivity contribution in [2.75, 3.05) is 20.2 Å². The largest absolute Gasteiger partial charge is 0.493 e. The van der Waals surface area contributed by atoms with Gasteiger partial charge < -0.3 is 19.3 Å². The maximum Gasteiger partial charge on any atom is 0.387 e. The van der Waals surface area contributed by atoms with Gasteiger partial charge in [0, 0.05) is 12.0 Å². The summed E-state index contributed by atoms with van der Waals surface area (Å²) < 4.78 is 39.7. The van der Waals surface area contributed by atoms with Crippen LogP contribution in [0.25, 0.3) is 11.4 Å². The highest BCUT2D eigenvalue weighted by Gasteiger charge is 2.18. The standard InChI is InChI=1S/C17H21F2N3O3.ClH/c1-23-14-10-12(4-5-13(14)24-17(18)19)16-21-15(25-22-16)9-11-3-2-7-20-8-6-11;/h4-5,10-11,17,20H,2-3,6-9H2,1H3;1H. The first kappa shape index (κ1) is 20.4. The zero-order valence-electron chi connectivity index (χ0n) is 14.4. The van der Waals surface area contributed by atoms with Crippen molar-refractivity contribution in [2.24, 2.45) is 5.92 Å². The van der Waals surface area contributed by atoms with Crippen molar-refractivity contribution in [2.45, 2.75) is 32.3 Å². The molecule has 0 amide bonds. The number of ether oxygens (including phenoxy) is 2. The summed E-state index contributed by atoms with van der Waals surface area (Å²) in [6.45, 7) is -0.849. The molecule has 1 atom stereocenters. The van der Waals surface area contributed by atoms with E-state index in [0.29, 0.717) is 23.2 Å². The second kappa shape index (κ2) is 9.68. The van der Waals surface area contributed by atoms with Crippen molar-refractivity contribution >= 4 is 12.4 Å². The molecule has 0 saturated carbocycles. The summed E-state index contributed by atoms with van der Waals surface area (Å²) in [4.78, 5) is 4.43. The van der Waals surface area contributed by atoms with Gasteiger partial charge in [0.1, 0.15) is 0 Å². The van der Waals surface area contributed by atoms with Gasteiger partial charge in [0.25, 0.3) is 0 Å². The quantitative estimate of drug-likeness (QED) is 0.812. The first-order chi connectivity index (χ1) is 12.2. The van der Waals surface area contributed by atoms with Gasteiger partial charge in [-0.1, -0.05) is 5.16 Å². The first-order valence-electron chi connectivity index (χ1n) is 8.32. The number of aromatic nitrogens is 2. The van der Waals surface area contributed by atoms with E-state index >= 15 is 0 Å². The van der Waals surface area contributed by atoms with Crippen LogP contribution in [0, 0.1) is 5.92 Å². The van der Waals surface area contributed by atoms with Gasteiger partial charge >= 0.3 is 6.61 Å². The normalized spacial score (nSPS) is 17.5. The van der Waals surface area contributed by atoms with Crippen molar-refractivity contribution in [3.05, 3.63) is 24.1 Å². The van der Waals surface area contributed by atoms with E-state index in [1.54, 1.807) is 12.1 Å². The van der Waals surface area contributed by atoms with Gasteiger partial charge in [-0.3, -0.25) is 0 Å². The maximum absolute atomic E-state index is 12.4. The molecule has 1 aliphatic heterocycles. The molecule has 0 radical (unpaired) electrons. The van der Waals surface area contributed by atoms with E-state index in [0.717, 1.165) is 38.8 Å². The van der Waals surface area contributed by atoms with Crippen molar-refractivity contribution < 1.29 is 22.8 Å². The molecule has 1 unspecified atom stereocenters. The molecule has 1 saturated heterocycles. The molecule has 1 fully saturated rings. The highest BCUT2D eigenvalue weighted by Crippen LogP contribution is 2.32. The Hall–Kier alpha value is -1.93. The summed E-state index contributed by atoms with van der Waals surface area (Å²) in [5, 5.41) is 7.37. The number of nitrogens with zero attached hydrogens (tertiary/aromatic N) is 2. The van der Waals surface area contributed by atoms with Crippen molar-refractivity contribution in [3.63, 3.8) is 0 Å². The van der Waals surface area contributed by atoms with E-state index in [4.69, 9.17) is 9.26 Å². The lowest BCUT2D eigenvalue weighted by Gasteiger charge is -2.10. The fourth-order valence-electron chi connectivity index (χ4n) is 3.00. The Morgan fingerprint density at radius 1 is 1.27 bits per heavy atom. The van der Waals surface area contributed by atoms with Crippen LogP contribution in [0.5, 0.6) is 11.5 Å². The van der Waals surface area contributed by atoms with E-state index in [9.17, 15) is 8.78 Å². The number of hydrogen-bond donors (Lipinski definition) is 1. The van der Waals surface area contributed by atoms with Crippen LogP contribution in [-0.4, -0.2) is 37.0 Å². The Morgan fingerprint density at radius 2 is 2.12 bits per heavy atom. The molecule has 2 heterocycles. The second-order valence-corrected chi connectivity index (χ2v) is 6.01. The second-order valence-electron chi connectivity index (χ2n) is 6.01. The topological polar surface area (TPSA) is 69.4 Å². The smallest absolute Gasteiger partial charge is 0.387 e. The molecule has 1 aromatic carbocycles. The number of methoxy groups -OCH3 is 1. The molecule has 144 valence electrons. The van der Waals surface area contributed by atoms with Gasteiger partial charge in [-0.15, -0.1) is 12.4 Å². The van der Waals surface area contributed by atoms with Crippen molar-refractivity contribution in [1.29, 1.82) is 0 Å². The number of alkyl halides is 2. The van der Waals surface area contributed by atoms with Crippen LogP contribution in [-0.2, 0) is 6.42 Å². The predicted molar refractivity (Wildman–Crippen MR) is 94.1 cm³/mol. The van der Waals surface area contributed by atoms with Gasteiger partial charge in [0.05, 0.1) is 7.11 Å². The lowest BCUT2D eigenvalue weighted by molar-refractivity contribution is -0.0512.